The highest BCUT2D eigenvalue weighted by Gasteiger charge is 2.57. The largest absolute Gasteiger partial charge is 0.464 e. The maximum atomic E-state index is 12.5. The Labute approximate surface area is 187 Å². The van der Waals surface area contributed by atoms with E-state index in [2.05, 4.69) is 5.10 Å². The number of carbonyl (C=O) groups excluding carboxylic acids is 2. The number of para-hydroxylation sites is 1. The van der Waals surface area contributed by atoms with Crippen LogP contribution in [-0.2, 0) is 14.3 Å². The van der Waals surface area contributed by atoms with Crippen LogP contribution in [0.3, 0.4) is 0 Å². The molecule has 2 aromatic rings. The fourth-order valence-corrected chi connectivity index (χ4v) is 6.45. The van der Waals surface area contributed by atoms with Crippen LogP contribution < -0.4 is 9.91 Å². The molecule has 0 bridgehead atoms. The van der Waals surface area contributed by atoms with Gasteiger partial charge in [-0.25, -0.2) is 9.80 Å². The Bertz CT molecular complexity index is 1070. The molecule has 4 rings (SSSR count). The lowest BCUT2D eigenvalue weighted by Crippen LogP contribution is -2.49. The normalized spacial score (nSPS) is 20.7. The van der Waals surface area contributed by atoms with Gasteiger partial charge in [-0.05, 0) is 62.0 Å². The standard InChI is InChI=1S/C21H18ClN3O3S2/c1-13-18(14(2)26)29-21(24(13)16-7-5-4-6-8-16)25(17-11-9-15(22)10-12-17)23-19(30-21)20(27)28-3/h4-12H,1-3H3/t21-/m1/s1. The number of allylic oxidation sites excluding steroid dienone is 2. The summed E-state index contributed by atoms with van der Waals surface area (Å²) < 4.78 is 3.99. The zero-order valence-corrected chi connectivity index (χ0v) is 18.8. The molecule has 0 aromatic heterocycles. The number of hydrogen-bond acceptors (Lipinski definition) is 8. The zero-order chi connectivity index (χ0) is 21.5. The summed E-state index contributed by atoms with van der Waals surface area (Å²) in [6, 6.07) is 16.9. The van der Waals surface area contributed by atoms with Gasteiger partial charge in [-0.2, -0.15) is 5.10 Å². The van der Waals surface area contributed by atoms with E-state index in [-0.39, 0.29) is 10.8 Å². The molecule has 30 heavy (non-hydrogen) atoms. The molecule has 2 aliphatic rings. The number of ether oxygens (including phenoxy) is 1. The molecule has 0 N–H and O–H groups in total. The van der Waals surface area contributed by atoms with Crippen LogP contribution in [-0.4, -0.2) is 28.2 Å². The summed E-state index contributed by atoms with van der Waals surface area (Å²) in [4.78, 5) is 27.5. The van der Waals surface area contributed by atoms with E-state index < -0.39 is 10.3 Å². The number of nitrogens with zero attached hydrogens (tertiary/aromatic N) is 3. The third kappa shape index (κ3) is 3.38. The number of halogens is 1. The van der Waals surface area contributed by atoms with Gasteiger partial charge in [0.15, 0.2) is 5.78 Å². The minimum absolute atomic E-state index is 0.0431. The maximum Gasteiger partial charge on any atom is 0.365 e. The van der Waals surface area contributed by atoms with Crippen molar-refractivity contribution in [3.63, 3.8) is 0 Å². The Morgan fingerprint density at radius 1 is 1.03 bits per heavy atom. The van der Waals surface area contributed by atoms with Crippen molar-refractivity contribution in [2.45, 2.75) is 18.2 Å². The van der Waals surface area contributed by atoms with Gasteiger partial charge in [0, 0.05) is 16.4 Å². The topological polar surface area (TPSA) is 62.2 Å². The first-order valence-electron chi connectivity index (χ1n) is 9.05. The van der Waals surface area contributed by atoms with E-state index in [0.717, 1.165) is 17.1 Å². The van der Waals surface area contributed by atoms with Gasteiger partial charge in [-0.15, -0.1) is 0 Å². The molecule has 1 atom stereocenters. The molecule has 2 aliphatic heterocycles. The van der Waals surface area contributed by atoms with E-state index in [9.17, 15) is 9.59 Å². The summed E-state index contributed by atoms with van der Waals surface area (Å²) >= 11 is 8.70. The monoisotopic (exact) mass is 459 g/mol. The number of Topliss-reactive ketones (excluding diaryl/α,β-unsaturated/α-hetero) is 1. The smallest absolute Gasteiger partial charge is 0.365 e. The van der Waals surface area contributed by atoms with Crippen molar-refractivity contribution in [2.75, 3.05) is 17.0 Å². The van der Waals surface area contributed by atoms with Crippen LogP contribution in [0.5, 0.6) is 0 Å². The summed E-state index contributed by atoms with van der Waals surface area (Å²) in [7, 11) is 1.32. The Balaban J connectivity index is 1.91. The second kappa shape index (κ2) is 8.02. The lowest BCUT2D eigenvalue weighted by Gasteiger charge is -2.41. The Hall–Kier alpha value is -2.42. The molecule has 0 saturated carbocycles. The van der Waals surface area contributed by atoms with Crippen molar-refractivity contribution in [3.8, 4) is 0 Å². The highest BCUT2D eigenvalue weighted by atomic mass is 35.5. The first kappa shape index (κ1) is 20.8. The van der Waals surface area contributed by atoms with E-state index in [4.69, 9.17) is 16.3 Å². The zero-order valence-electron chi connectivity index (χ0n) is 16.5. The van der Waals surface area contributed by atoms with E-state index in [1.807, 2.05) is 54.3 Å². The third-order valence-electron chi connectivity index (χ3n) is 4.64. The molecule has 0 saturated heterocycles. The van der Waals surface area contributed by atoms with Crippen LogP contribution in [0.25, 0.3) is 0 Å². The van der Waals surface area contributed by atoms with Crippen LogP contribution in [0.1, 0.15) is 13.8 Å². The average molecular weight is 460 g/mol. The lowest BCUT2D eigenvalue weighted by atomic mass is 10.2. The van der Waals surface area contributed by atoms with E-state index in [0.29, 0.717) is 9.93 Å². The Kier molecular flexibility index (Phi) is 5.57. The summed E-state index contributed by atoms with van der Waals surface area (Å²) in [5.41, 5.74) is 2.41. The fourth-order valence-electron chi connectivity index (χ4n) is 3.35. The number of ketones is 1. The number of hydrogen-bond donors (Lipinski definition) is 0. The first-order chi connectivity index (χ1) is 14.4. The van der Waals surface area contributed by atoms with Crippen LogP contribution in [0.4, 0.5) is 11.4 Å². The van der Waals surface area contributed by atoms with Crippen molar-refractivity contribution in [2.24, 2.45) is 5.10 Å². The van der Waals surface area contributed by atoms with E-state index >= 15 is 0 Å². The molecule has 0 radical (unpaired) electrons. The molecular weight excluding hydrogens is 442 g/mol. The average Bonchev–Trinajstić information content (AvgIpc) is 3.26. The minimum atomic E-state index is -0.941. The van der Waals surface area contributed by atoms with Gasteiger partial charge in [0.1, 0.15) is 0 Å². The molecule has 1 spiro atoms. The number of rotatable bonds is 4. The lowest BCUT2D eigenvalue weighted by molar-refractivity contribution is -0.132. The van der Waals surface area contributed by atoms with Gasteiger partial charge >= 0.3 is 5.97 Å². The van der Waals surface area contributed by atoms with Crippen molar-refractivity contribution < 1.29 is 14.3 Å². The molecule has 2 aromatic carbocycles. The second-order valence-electron chi connectivity index (χ2n) is 6.58. The Morgan fingerprint density at radius 2 is 1.70 bits per heavy atom. The molecule has 0 aliphatic carbocycles. The van der Waals surface area contributed by atoms with Gasteiger partial charge in [0.2, 0.25) is 9.37 Å². The summed E-state index contributed by atoms with van der Waals surface area (Å²) in [5, 5.41) is 7.14. The van der Waals surface area contributed by atoms with Crippen molar-refractivity contribution in [3.05, 3.63) is 70.2 Å². The number of esters is 1. The number of carbonyl (C=O) groups is 2. The SMILES string of the molecule is COC(=O)C1=NN(c2ccc(Cl)cc2)[C@@]2(S1)SC(C(C)=O)=C(C)N2c1ccccc1. The molecule has 2 heterocycles. The van der Waals surface area contributed by atoms with Crippen LogP contribution >= 0.6 is 35.1 Å². The van der Waals surface area contributed by atoms with Gasteiger partial charge < -0.3 is 9.64 Å². The number of benzene rings is 2. The van der Waals surface area contributed by atoms with Crippen molar-refractivity contribution >= 4 is 63.3 Å². The second-order valence-corrected chi connectivity index (χ2v) is 9.62. The van der Waals surface area contributed by atoms with E-state index in [1.54, 1.807) is 24.1 Å². The quantitative estimate of drug-likeness (QED) is 0.592. The van der Waals surface area contributed by atoms with Crippen LogP contribution in [0.15, 0.2) is 70.3 Å². The predicted octanol–water partition coefficient (Wildman–Crippen LogP) is 5.06. The predicted molar refractivity (Wildman–Crippen MR) is 124 cm³/mol. The van der Waals surface area contributed by atoms with Gasteiger partial charge in [0.25, 0.3) is 0 Å². The number of anilines is 2. The highest BCUT2D eigenvalue weighted by Crippen LogP contribution is 2.60. The van der Waals surface area contributed by atoms with Gasteiger partial charge in [-0.1, -0.05) is 41.6 Å². The molecular formula is C21H18ClN3O3S2. The number of thioether (sulfide) groups is 2. The summed E-state index contributed by atoms with van der Waals surface area (Å²) in [6.45, 7) is 3.45. The summed E-state index contributed by atoms with van der Waals surface area (Å²) in [6.07, 6.45) is 0. The Morgan fingerprint density at radius 3 is 2.30 bits per heavy atom. The third-order valence-corrected chi connectivity index (χ3v) is 7.86. The van der Waals surface area contributed by atoms with Crippen molar-refractivity contribution in [1.29, 1.82) is 0 Å². The summed E-state index contributed by atoms with van der Waals surface area (Å²) in [5.74, 6) is -0.572. The van der Waals surface area contributed by atoms with Gasteiger partial charge in [-0.3, -0.25) is 4.79 Å². The molecule has 154 valence electrons. The molecule has 0 unspecified atom stereocenters. The van der Waals surface area contributed by atoms with Crippen molar-refractivity contribution in [1.82, 2.24) is 0 Å². The minimum Gasteiger partial charge on any atom is -0.464 e. The molecule has 0 fully saturated rings. The molecule has 0 amide bonds. The molecule has 9 heteroatoms. The van der Waals surface area contributed by atoms with Gasteiger partial charge in [0.05, 0.1) is 17.7 Å². The fraction of sp³-hybridized carbons (Fsp3) is 0.190. The number of methoxy groups -OCH3 is 1. The highest BCUT2D eigenvalue weighted by molar-refractivity contribution is 8.29. The maximum absolute atomic E-state index is 12.5. The first-order valence-corrected chi connectivity index (χ1v) is 11.1. The number of hydrazone groups is 1. The molecule has 6 nitrogen and oxygen atoms in total. The van der Waals surface area contributed by atoms with Crippen LogP contribution in [0.2, 0.25) is 5.02 Å². The van der Waals surface area contributed by atoms with Crippen LogP contribution in [0, 0.1) is 0 Å². The van der Waals surface area contributed by atoms with E-state index in [1.165, 1.54) is 30.6 Å².